The molecule has 0 unspecified atom stereocenters. The zero-order valence-electron chi connectivity index (χ0n) is 11.0. The fourth-order valence-electron chi connectivity index (χ4n) is 1.50. The summed E-state index contributed by atoms with van der Waals surface area (Å²) < 4.78 is 0. The van der Waals surface area contributed by atoms with Gasteiger partial charge >= 0.3 is 5.97 Å². The number of nitrogens with two attached hydrogens (primary N) is 1. The van der Waals surface area contributed by atoms with E-state index in [4.69, 9.17) is 10.8 Å². The minimum Gasteiger partial charge on any atom is -0.480 e. The largest absolute Gasteiger partial charge is 0.480 e. The van der Waals surface area contributed by atoms with E-state index in [1.54, 1.807) is 0 Å². The molecule has 1 rings (SSSR count). The molecule has 0 aliphatic carbocycles. The van der Waals surface area contributed by atoms with Gasteiger partial charge in [-0.05, 0) is 18.6 Å². The number of nitrogens with one attached hydrogen (secondary N) is 1. The first-order valence-corrected chi connectivity index (χ1v) is 6.87. The zero-order chi connectivity index (χ0) is 15.1. The molecular weight excluding hydrogens is 280 g/mol. The fraction of sp³-hybridized carbons (Fsp3) is 0.308. The number of hydrogen-bond donors (Lipinski definition) is 3. The number of aryl methyl sites for hydroxylation is 1. The van der Waals surface area contributed by atoms with Gasteiger partial charge in [0.25, 0.3) is 0 Å². The number of carboxylic acid groups (broad SMARTS) is 1. The van der Waals surface area contributed by atoms with E-state index in [1.807, 2.05) is 31.2 Å². The van der Waals surface area contributed by atoms with Crippen molar-refractivity contribution in [2.75, 3.05) is 5.75 Å². The van der Waals surface area contributed by atoms with Crippen LogP contribution in [0, 0.1) is 6.92 Å². The van der Waals surface area contributed by atoms with Gasteiger partial charge in [0.1, 0.15) is 6.04 Å². The number of carboxylic acids is 1. The molecule has 6 nitrogen and oxygen atoms in total. The highest BCUT2D eigenvalue weighted by molar-refractivity contribution is 8.00. The quantitative estimate of drug-likeness (QED) is 0.636. The molecule has 0 spiro atoms. The molecule has 0 aromatic heterocycles. The number of rotatable bonds is 7. The van der Waals surface area contributed by atoms with E-state index < -0.39 is 30.2 Å². The average molecular weight is 296 g/mol. The Morgan fingerprint density at radius 3 is 2.55 bits per heavy atom. The fourth-order valence-corrected chi connectivity index (χ4v) is 2.34. The summed E-state index contributed by atoms with van der Waals surface area (Å²) >= 11 is 1.31. The molecule has 1 aromatic rings. The molecule has 1 atom stereocenters. The Hall–Kier alpha value is -2.02. The third-order valence-electron chi connectivity index (χ3n) is 2.49. The first-order valence-electron chi connectivity index (χ1n) is 5.89. The van der Waals surface area contributed by atoms with E-state index in [9.17, 15) is 14.4 Å². The van der Waals surface area contributed by atoms with Gasteiger partial charge in [0.2, 0.25) is 11.8 Å². The van der Waals surface area contributed by atoms with Gasteiger partial charge in [-0.2, -0.15) is 0 Å². The first kappa shape index (κ1) is 16.0. The lowest BCUT2D eigenvalue weighted by Crippen LogP contribution is -2.44. The van der Waals surface area contributed by atoms with E-state index in [2.05, 4.69) is 5.32 Å². The lowest BCUT2D eigenvalue weighted by Gasteiger charge is -2.12. The van der Waals surface area contributed by atoms with Crippen LogP contribution in [0.4, 0.5) is 0 Å². The molecule has 0 saturated carbocycles. The summed E-state index contributed by atoms with van der Waals surface area (Å²) in [7, 11) is 0. The Labute approximate surface area is 120 Å². The first-order chi connectivity index (χ1) is 9.40. The van der Waals surface area contributed by atoms with Crippen molar-refractivity contribution in [3.63, 3.8) is 0 Å². The average Bonchev–Trinajstić information content (AvgIpc) is 2.36. The maximum Gasteiger partial charge on any atom is 0.326 e. The van der Waals surface area contributed by atoms with Crippen LogP contribution in [0.1, 0.15) is 12.0 Å². The number of benzene rings is 1. The molecule has 0 heterocycles. The Bertz CT molecular complexity index is 519. The van der Waals surface area contributed by atoms with Crippen LogP contribution in [0.15, 0.2) is 29.2 Å². The number of amides is 2. The SMILES string of the molecule is Cc1ccccc1SCC(=O)N[C@@H](CC(N)=O)C(=O)O. The van der Waals surface area contributed by atoms with Crippen LogP contribution in [0.3, 0.4) is 0 Å². The Morgan fingerprint density at radius 2 is 2.00 bits per heavy atom. The number of aliphatic carboxylic acids is 1. The van der Waals surface area contributed by atoms with Crippen LogP contribution < -0.4 is 11.1 Å². The Balaban J connectivity index is 2.52. The third kappa shape index (κ3) is 5.31. The highest BCUT2D eigenvalue weighted by Crippen LogP contribution is 2.21. The number of carbonyl (C=O) groups is 3. The summed E-state index contributed by atoms with van der Waals surface area (Å²) in [6, 6.07) is 6.28. The summed E-state index contributed by atoms with van der Waals surface area (Å²) in [5.74, 6) is -2.43. The predicted octanol–water partition coefficient (Wildman–Crippen LogP) is 0.532. The summed E-state index contributed by atoms with van der Waals surface area (Å²) in [6.45, 7) is 1.92. The number of hydrogen-bond acceptors (Lipinski definition) is 4. The standard InChI is InChI=1S/C13H16N2O4S/c1-8-4-2-3-5-10(8)20-7-12(17)15-9(13(18)19)6-11(14)16/h2-5,9H,6-7H2,1H3,(H2,14,16)(H,15,17)(H,18,19)/t9-/m0/s1. The van der Waals surface area contributed by atoms with Crippen LogP contribution in [0.5, 0.6) is 0 Å². The second-order valence-corrected chi connectivity index (χ2v) is 5.20. The van der Waals surface area contributed by atoms with E-state index in [0.29, 0.717) is 0 Å². The molecule has 7 heteroatoms. The van der Waals surface area contributed by atoms with Crippen LogP contribution >= 0.6 is 11.8 Å². The maximum atomic E-state index is 11.7. The third-order valence-corrected chi connectivity index (χ3v) is 3.67. The minimum atomic E-state index is -1.28. The molecule has 0 radical (unpaired) electrons. The molecule has 1 aromatic carbocycles. The minimum absolute atomic E-state index is 0.0768. The van der Waals surface area contributed by atoms with Gasteiger partial charge in [-0.15, -0.1) is 11.8 Å². The van der Waals surface area contributed by atoms with Gasteiger partial charge < -0.3 is 16.2 Å². The highest BCUT2D eigenvalue weighted by atomic mass is 32.2. The predicted molar refractivity (Wildman–Crippen MR) is 75.3 cm³/mol. The molecule has 0 bridgehead atoms. The van der Waals surface area contributed by atoms with Gasteiger partial charge in [0.05, 0.1) is 12.2 Å². The normalized spacial score (nSPS) is 11.7. The number of thioether (sulfide) groups is 1. The number of primary amides is 1. The summed E-state index contributed by atoms with van der Waals surface area (Å²) in [4.78, 5) is 34.2. The summed E-state index contributed by atoms with van der Waals surface area (Å²) in [5, 5.41) is 11.1. The molecular formula is C13H16N2O4S. The van der Waals surface area contributed by atoms with Gasteiger partial charge in [0.15, 0.2) is 0 Å². The van der Waals surface area contributed by atoms with Crippen LogP contribution in [-0.4, -0.2) is 34.7 Å². The molecule has 0 aliphatic rings. The second kappa shape index (κ2) is 7.54. The monoisotopic (exact) mass is 296 g/mol. The van der Waals surface area contributed by atoms with Crippen molar-refractivity contribution in [2.45, 2.75) is 24.3 Å². The molecule has 20 heavy (non-hydrogen) atoms. The van der Waals surface area contributed by atoms with Crippen molar-refractivity contribution in [2.24, 2.45) is 5.73 Å². The van der Waals surface area contributed by atoms with E-state index in [0.717, 1.165) is 10.5 Å². The lowest BCUT2D eigenvalue weighted by molar-refractivity contribution is -0.143. The molecule has 0 saturated heterocycles. The second-order valence-electron chi connectivity index (χ2n) is 4.18. The Morgan fingerprint density at radius 1 is 1.35 bits per heavy atom. The van der Waals surface area contributed by atoms with Crippen molar-refractivity contribution in [1.82, 2.24) is 5.32 Å². The van der Waals surface area contributed by atoms with Crippen LogP contribution in [-0.2, 0) is 14.4 Å². The molecule has 2 amide bonds. The zero-order valence-corrected chi connectivity index (χ0v) is 11.8. The topological polar surface area (TPSA) is 109 Å². The van der Waals surface area contributed by atoms with E-state index in [-0.39, 0.29) is 5.75 Å². The highest BCUT2D eigenvalue weighted by Gasteiger charge is 2.22. The van der Waals surface area contributed by atoms with E-state index >= 15 is 0 Å². The van der Waals surface area contributed by atoms with Crippen molar-refractivity contribution in [3.8, 4) is 0 Å². The van der Waals surface area contributed by atoms with Gasteiger partial charge in [-0.1, -0.05) is 18.2 Å². The van der Waals surface area contributed by atoms with Gasteiger partial charge in [-0.25, -0.2) is 4.79 Å². The Kier molecular flexibility index (Phi) is 6.05. The molecule has 0 aliphatic heterocycles. The number of carbonyl (C=O) groups excluding carboxylic acids is 2. The molecule has 4 N–H and O–H groups in total. The lowest BCUT2D eigenvalue weighted by atomic mass is 10.2. The van der Waals surface area contributed by atoms with Crippen molar-refractivity contribution < 1.29 is 19.5 Å². The maximum absolute atomic E-state index is 11.7. The molecule has 0 fully saturated rings. The van der Waals surface area contributed by atoms with Crippen LogP contribution in [0.2, 0.25) is 0 Å². The van der Waals surface area contributed by atoms with Gasteiger partial charge in [0, 0.05) is 4.90 Å². The van der Waals surface area contributed by atoms with Crippen molar-refractivity contribution in [3.05, 3.63) is 29.8 Å². The van der Waals surface area contributed by atoms with E-state index in [1.165, 1.54) is 11.8 Å². The van der Waals surface area contributed by atoms with Crippen molar-refractivity contribution in [1.29, 1.82) is 0 Å². The van der Waals surface area contributed by atoms with Crippen LogP contribution in [0.25, 0.3) is 0 Å². The van der Waals surface area contributed by atoms with Gasteiger partial charge in [-0.3, -0.25) is 9.59 Å². The summed E-state index contributed by atoms with van der Waals surface area (Å²) in [6.07, 6.45) is -0.421. The molecule has 108 valence electrons. The van der Waals surface area contributed by atoms with Crippen molar-refractivity contribution >= 4 is 29.5 Å². The smallest absolute Gasteiger partial charge is 0.326 e. The summed E-state index contributed by atoms with van der Waals surface area (Å²) in [5.41, 5.74) is 5.97.